The van der Waals surface area contributed by atoms with E-state index in [2.05, 4.69) is 18.9 Å². The smallest absolute Gasteiger partial charge is 0.176 e. The van der Waals surface area contributed by atoms with Crippen LogP contribution in [0.2, 0.25) is 0 Å². The minimum absolute atomic E-state index is 1.06. The fourth-order valence-electron chi connectivity index (χ4n) is 0.999. The molecule has 1 aromatic heterocycles. The topological polar surface area (TPSA) is 3.88 Å². The van der Waals surface area contributed by atoms with Crippen molar-refractivity contribution in [3.05, 3.63) is 41.0 Å². The molecule has 1 aromatic rings. The molecule has 0 unspecified atom stereocenters. The number of hydrogen-bond acceptors (Lipinski definition) is 0. The second kappa shape index (κ2) is 3.86. The molecule has 0 N–H and O–H groups in total. The Morgan fingerprint density at radius 1 is 1.50 bits per heavy atom. The Kier molecular flexibility index (Phi) is 2.81. The summed E-state index contributed by atoms with van der Waals surface area (Å²) in [5.41, 5.74) is 0. The van der Waals surface area contributed by atoms with Gasteiger partial charge in [0.05, 0.1) is 0 Å². The third-order valence-corrected chi connectivity index (χ3v) is 1.69. The van der Waals surface area contributed by atoms with E-state index >= 15 is 0 Å². The number of rotatable bonds is 1. The second-order valence-electron chi connectivity index (χ2n) is 2.78. The molecule has 1 nitrogen and oxygen atoms in total. The largest absolute Gasteiger partial charge is 0.207 e. The zero-order valence-corrected chi connectivity index (χ0v) is 7.62. The number of allylic oxidation sites excluding steroid dienone is 2. The fraction of sp³-hybridized carbons (Fsp3) is 0.182. The van der Waals surface area contributed by atoms with Gasteiger partial charge in [0, 0.05) is 11.3 Å². The SMILES string of the molecule is C=c1cc[n+](C)c/c1=C/C=C\C. The molecule has 0 aliphatic heterocycles. The van der Waals surface area contributed by atoms with Crippen molar-refractivity contribution >= 4 is 12.7 Å². The monoisotopic (exact) mass is 160 g/mol. The summed E-state index contributed by atoms with van der Waals surface area (Å²) in [5, 5.41) is 2.23. The van der Waals surface area contributed by atoms with Crippen molar-refractivity contribution in [2.45, 2.75) is 6.92 Å². The van der Waals surface area contributed by atoms with Crippen LogP contribution < -0.4 is 15.0 Å². The molecule has 0 aliphatic carbocycles. The quantitative estimate of drug-likeness (QED) is 0.519. The molecule has 0 radical (unpaired) electrons. The van der Waals surface area contributed by atoms with Gasteiger partial charge in [0.2, 0.25) is 0 Å². The van der Waals surface area contributed by atoms with Crippen LogP contribution in [0.3, 0.4) is 0 Å². The molecule has 0 spiro atoms. The van der Waals surface area contributed by atoms with E-state index < -0.39 is 0 Å². The summed E-state index contributed by atoms with van der Waals surface area (Å²) in [4.78, 5) is 0. The molecule has 0 bridgehead atoms. The highest BCUT2D eigenvalue weighted by Crippen LogP contribution is 1.69. The maximum absolute atomic E-state index is 3.94. The highest BCUT2D eigenvalue weighted by molar-refractivity contribution is 5.35. The average molecular weight is 160 g/mol. The first-order valence-electron chi connectivity index (χ1n) is 4.01. The molecule has 0 saturated heterocycles. The summed E-state index contributed by atoms with van der Waals surface area (Å²) < 4.78 is 2.02. The molecule has 0 fully saturated rings. The molecular weight excluding hydrogens is 146 g/mol. The zero-order valence-electron chi connectivity index (χ0n) is 7.62. The lowest BCUT2D eigenvalue weighted by molar-refractivity contribution is -0.672. The third-order valence-electron chi connectivity index (χ3n) is 1.69. The lowest BCUT2D eigenvalue weighted by Gasteiger charge is -1.86. The van der Waals surface area contributed by atoms with Gasteiger partial charge in [-0.1, -0.05) is 18.7 Å². The predicted molar refractivity (Wildman–Crippen MR) is 51.7 cm³/mol. The van der Waals surface area contributed by atoms with E-state index in [9.17, 15) is 0 Å². The van der Waals surface area contributed by atoms with Crippen molar-refractivity contribution in [1.29, 1.82) is 0 Å². The summed E-state index contributed by atoms with van der Waals surface area (Å²) in [6.07, 6.45) is 10.1. The standard InChI is InChI=1S/C11H14N/c1-4-5-6-11-9-12(3)8-7-10(11)2/h4-9H,2H2,1,3H3/q+1/b5-4-,11-6-. The average Bonchev–Trinajstić information content (AvgIpc) is 2.07. The molecule has 0 aromatic carbocycles. The Labute approximate surface area is 73.0 Å². The van der Waals surface area contributed by atoms with Gasteiger partial charge in [-0.2, -0.15) is 0 Å². The number of aromatic nitrogens is 1. The van der Waals surface area contributed by atoms with Crippen LogP contribution in [0, 0.1) is 0 Å². The summed E-state index contributed by atoms with van der Waals surface area (Å²) in [5.74, 6) is 0. The van der Waals surface area contributed by atoms with Gasteiger partial charge >= 0.3 is 0 Å². The number of pyridine rings is 1. The van der Waals surface area contributed by atoms with Crippen LogP contribution in [0.1, 0.15) is 6.92 Å². The molecule has 0 saturated carbocycles. The number of nitrogens with zero attached hydrogens (tertiary/aromatic N) is 1. The van der Waals surface area contributed by atoms with Crippen molar-refractivity contribution in [1.82, 2.24) is 0 Å². The van der Waals surface area contributed by atoms with Crippen LogP contribution in [-0.2, 0) is 7.05 Å². The predicted octanol–water partition coefficient (Wildman–Crippen LogP) is 0.278. The van der Waals surface area contributed by atoms with Gasteiger partial charge in [-0.3, -0.25) is 0 Å². The molecule has 62 valence electrons. The fourth-order valence-corrected chi connectivity index (χ4v) is 0.999. The third kappa shape index (κ3) is 2.06. The highest BCUT2D eigenvalue weighted by atomic mass is 14.9. The molecular formula is C11H14N+. The van der Waals surface area contributed by atoms with Gasteiger partial charge < -0.3 is 0 Å². The maximum atomic E-state index is 3.94. The van der Waals surface area contributed by atoms with E-state index in [1.54, 1.807) is 0 Å². The summed E-state index contributed by atoms with van der Waals surface area (Å²) in [6.45, 7) is 5.94. The lowest BCUT2D eigenvalue weighted by atomic mass is 10.3. The van der Waals surface area contributed by atoms with Gasteiger partial charge in [-0.15, -0.1) is 0 Å². The number of aryl methyl sites for hydroxylation is 1. The molecule has 0 atom stereocenters. The van der Waals surface area contributed by atoms with Gasteiger partial charge in [-0.25, -0.2) is 4.57 Å². The van der Waals surface area contributed by atoms with Crippen LogP contribution in [0.15, 0.2) is 30.6 Å². The first kappa shape index (κ1) is 8.72. The first-order valence-corrected chi connectivity index (χ1v) is 4.01. The Morgan fingerprint density at radius 3 is 2.92 bits per heavy atom. The molecule has 12 heavy (non-hydrogen) atoms. The van der Waals surface area contributed by atoms with Crippen molar-refractivity contribution < 1.29 is 4.57 Å². The van der Waals surface area contributed by atoms with E-state index in [4.69, 9.17) is 0 Å². The van der Waals surface area contributed by atoms with Crippen molar-refractivity contribution in [2.75, 3.05) is 0 Å². The van der Waals surface area contributed by atoms with Crippen LogP contribution in [0.25, 0.3) is 12.7 Å². The normalized spacial score (nSPS) is 12.7. The molecule has 1 rings (SSSR count). The van der Waals surface area contributed by atoms with Gasteiger partial charge in [0.1, 0.15) is 7.05 Å². The number of hydrogen-bond donors (Lipinski definition) is 0. The van der Waals surface area contributed by atoms with E-state index in [0.29, 0.717) is 0 Å². The molecule has 0 amide bonds. The van der Waals surface area contributed by atoms with E-state index in [0.717, 1.165) is 10.4 Å². The molecule has 0 aliphatic rings. The van der Waals surface area contributed by atoms with E-state index in [1.165, 1.54) is 0 Å². The Hall–Kier alpha value is -1.37. The first-order chi connectivity index (χ1) is 5.74. The molecule has 1 heterocycles. The van der Waals surface area contributed by atoms with Crippen LogP contribution in [0.4, 0.5) is 0 Å². The highest BCUT2D eigenvalue weighted by Gasteiger charge is 1.88. The van der Waals surface area contributed by atoms with Gasteiger partial charge in [-0.05, 0) is 18.2 Å². The Balaban J connectivity index is 3.32. The van der Waals surface area contributed by atoms with Gasteiger partial charge in [0.25, 0.3) is 0 Å². The zero-order chi connectivity index (χ0) is 8.97. The second-order valence-corrected chi connectivity index (χ2v) is 2.78. The summed E-state index contributed by atoms with van der Waals surface area (Å²) in [7, 11) is 2.01. The minimum atomic E-state index is 1.06. The summed E-state index contributed by atoms with van der Waals surface area (Å²) in [6, 6.07) is 2.01. The van der Waals surface area contributed by atoms with Gasteiger partial charge in [0.15, 0.2) is 12.4 Å². The summed E-state index contributed by atoms with van der Waals surface area (Å²) >= 11 is 0. The van der Waals surface area contributed by atoms with Crippen molar-refractivity contribution in [3.8, 4) is 0 Å². The van der Waals surface area contributed by atoms with E-state index in [-0.39, 0.29) is 0 Å². The van der Waals surface area contributed by atoms with Crippen LogP contribution >= 0.6 is 0 Å². The maximum Gasteiger partial charge on any atom is 0.176 e. The molecule has 1 heteroatoms. The lowest BCUT2D eigenvalue weighted by Crippen LogP contribution is -2.38. The van der Waals surface area contributed by atoms with Crippen LogP contribution in [-0.4, -0.2) is 0 Å². The van der Waals surface area contributed by atoms with Crippen molar-refractivity contribution in [2.24, 2.45) is 7.05 Å². The van der Waals surface area contributed by atoms with Crippen molar-refractivity contribution in [3.63, 3.8) is 0 Å². The minimum Gasteiger partial charge on any atom is -0.207 e. The van der Waals surface area contributed by atoms with Crippen LogP contribution in [0.5, 0.6) is 0 Å². The van der Waals surface area contributed by atoms with E-state index in [1.807, 2.05) is 43.0 Å². The Morgan fingerprint density at radius 2 is 2.25 bits per heavy atom. The Bertz CT molecular complexity index is 388.